The fourth-order valence-electron chi connectivity index (χ4n) is 1.92. The molecule has 2 N–H and O–H groups in total. The molecule has 8 nitrogen and oxygen atoms in total. The predicted octanol–water partition coefficient (Wildman–Crippen LogP) is 1.91. The Morgan fingerprint density at radius 1 is 1.15 bits per heavy atom. The number of furan rings is 1. The summed E-state index contributed by atoms with van der Waals surface area (Å²) in [7, 11) is 0. The van der Waals surface area contributed by atoms with Crippen molar-refractivity contribution in [3.05, 3.63) is 59.5 Å². The summed E-state index contributed by atoms with van der Waals surface area (Å²) in [4.78, 5) is 39.1. The zero-order valence-electron chi connectivity index (χ0n) is 13.3. The largest absolute Gasteiger partial charge is 0.459 e. The van der Waals surface area contributed by atoms with Crippen LogP contribution < -0.4 is 10.9 Å². The van der Waals surface area contributed by atoms with Gasteiger partial charge in [-0.1, -0.05) is 12.1 Å². The van der Waals surface area contributed by atoms with Gasteiger partial charge >= 0.3 is 11.9 Å². The van der Waals surface area contributed by atoms with Gasteiger partial charge in [0.05, 0.1) is 16.5 Å². The maximum absolute atomic E-state index is 11.6. The Balaban J connectivity index is 1.43. The first-order valence-corrected chi connectivity index (χ1v) is 8.26. The van der Waals surface area contributed by atoms with Crippen LogP contribution in [0.5, 0.6) is 0 Å². The number of hydrogen-bond donors (Lipinski definition) is 2. The molecule has 0 atom stereocenters. The summed E-state index contributed by atoms with van der Waals surface area (Å²) < 4.78 is 10.7. The van der Waals surface area contributed by atoms with Gasteiger partial charge in [-0.2, -0.15) is 0 Å². The van der Waals surface area contributed by atoms with Gasteiger partial charge in [-0.3, -0.25) is 20.4 Å². The third kappa shape index (κ3) is 4.54. The van der Waals surface area contributed by atoms with E-state index in [4.69, 9.17) is 9.15 Å². The SMILES string of the molecule is O=C(COC(=O)/C=C/c1nc2ccccc2s1)NNC(=O)c1ccco1. The summed E-state index contributed by atoms with van der Waals surface area (Å²) in [6, 6.07) is 10.6. The molecule has 0 saturated heterocycles. The third-order valence-corrected chi connectivity index (χ3v) is 4.08. The van der Waals surface area contributed by atoms with Crippen molar-refractivity contribution < 1.29 is 23.5 Å². The quantitative estimate of drug-likeness (QED) is 0.403. The summed E-state index contributed by atoms with van der Waals surface area (Å²) in [6.45, 7) is -0.540. The highest BCUT2D eigenvalue weighted by molar-refractivity contribution is 7.19. The van der Waals surface area contributed by atoms with Gasteiger partial charge in [0, 0.05) is 6.08 Å². The van der Waals surface area contributed by atoms with E-state index in [1.807, 2.05) is 24.3 Å². The van der Waals surface area contributed by atoms with E-state index in [9.17, 15) is 14.4 Å². The Bertz CT molecular complexity index is 929. The number of amides is 2. The summed E-state index contributed by atoms with van der Waals surface area (Å²) in [6.07, 6.45) is 4.03. The van der Waals surface area contributed by atoms with Gasteiger partial charge in [0.25, 0.3) is 5.91 Å². The molecule has 9 heteroatoms. The van der Waals surface area contributed by atoms with Crippen molar-refractivity contribution in [3.63, 3.8) is 0 Å². The zero-order chi connectivity index (χ0) is 18.4. The number of hydrazine groups is 1. The molecule has 26 heavy (non-hydrogen) atoms. The lowest BCUT2D eigenvalue weighted by Gasteiger charge is -2.05. The summed E-state index contributed by atoms with van der Waals surface area (Å²) in [5, 5.41) is 0.651. The lowest BCUT2D eigenvalue weighted by atomic mass is 10.3. The number of nitrogens with one attached hydrogen (secondary N) is 2. The van der Waals surface area contributed by atoms with Gasteiger partial charge in [0.15, 0.2) is 12.4 Å². The molecule has 1 aromatic carbocycles. The van der Waals surface area contributed by atoms with Crippen molar-refractivity contribution in [1.29, 1.82) is 0 Å². The van der Waals surface area contributed by atoms with Gasteiger partial charge in [-0.05, 0) is 30.3 Å². The number of benzene rings is 1. The normalized spacial score (nSPS) is 10.8. The van der Waals surface area contributed by atoms with Gasteiger partial charge in [0.1, 0.15) is 5.01 Å². The standard InChI is InChI=1S/C17H13N3O5S/c21-14(19-20-17(23)12-5-3-9-24-12)10-25-16(22)8-7-15-18-11-4-1-2-6-13(11)26-15/h1-9H,10H2,(H,19,21)(H,20,23)/b8-7+. The molecule has 0 aliphatic rings. The number of thiazole rings is 1. The van der Waals surface area contributed by atoms with Gasteiger partial charge in [-0.15, -0.1) is 11.3 Å². The van der Waals surface area contributed by atoms with Crippen LogP contribution in [0.25, 0.3) is 16.3 Å². The minimum atomic E-state index is -0.697. The molecule has 0 aliphatic carbocycles. The molecule has 0 unspecified atom stereocenters. The molecule has 132 valence electrons. The Morgan fingerprint density at radius 3 is 2.77 bits per heavy atom. The highest BCUT2D eigenvalue weighted by Gasteiger charge is 2.10. The first-order chi connectivity index (χ1) is 12.6. The minimum absolute atomic E-state index is 0.0427. The van der Waals surface area contributed by atoms with Crippen molar-refractivity contribution in [1.82, 2.24) is 15.8 Å². The number of esters is 1. The number of ether oxygens (including phenoxy) is 1. The lowest BCUT2D eigenvalue weighted by molar-refractivity contribution is -0.144. The van der Waals surface area contributed by atoms with E-state index in [0.29, 0.717) is 5.01 Å². The maximum Gasteiger partial charge on any atom is 0.331 e. The van der Waals surface area contributed by atoms with Gasteiger partial charge < -0.3 is 9.15 Å². The number of hydrogen-bond acceptors (Lipinski definition) is 7. The Kier molecular flexibility index (Phi) is 5.40. The summed E-state index contributed by atoms with van der Waals surface area (Å²) >= 11 is 1.43. The second kappa shape index (κ2) is 8.08. The smallest absolute Gasteiger partial charge is 0.331 e. The molecular weight excluding hydrogens is 358 g/mol. The molecule has 0 fully saturated rings. The zero-order valence-corrected chi connectivity index (χ0v) is 14.1. The molecule has 0 aliphatic heterocycles. The molecule has 0 spiro atoms. The Morgan fingerprint density at radius 2 is 2.00 bits per heavy atom. The van der Waals surface area contributed by atoms with Crippen molar-refractivity contribution in [2.75, 3.05) is 6.61 Å². The third-order valence-electron chi connectivity index (χ3n) is 3.08. The van der Waals surface area contributed by atoms with Crippen molar-refractivity contribution >= 4 is 45.4 Å². The van der Waals surface area contributed by atoms with E-state index in [1.54, 1.807) is 0 Å². The average molecular weight is 371 g/mol. The molecule has 2 amide bonds. The number of fused-ring (bicyclic) bond motifs is 1. The number of aromatic nitrogens is 1. The topological polar surface area (TPSA) is 111 Å². The van der Waals surface area contributed by atoms with Crippen LogP contribution >= 0.6 is 11.3 Å². The fourth-order valence-corrected chi connectivity index (χ4v) is 2.79. The number of nitrogens with zero attached hydrogens (tertiary/aromatic N) is 1. The number of para-hydroxylation sites is 1. The van der Waals surface area contributed by atoms with Crippen molar-refractivity contribution in [2.45, 2.75) is 0 Å². The van der Waals surface area contributed by atoms with Crippen molar-refractivity contribution in [2.24, 2.45) is 0 Å². The second-order valence-electron chi connectivity index (χ2n) is 4.94. The molecule has 3 aromatic rings. The van der Waals surface area contributed by atoms with Crippen LogP contribution in [0, 0.1) is 0 Å². The maximum atomic E-state index is 11.6. The van der Waals surface area contributed by atoms with Crippen LogP contribution in [0.4, 0.5) is 0 Å². The van der Waals surface area contributed by atoms with Gasteiger partial charge in [0.2, 0.25) is 0 Å². The molecule has 3 rings (SSSR count). The molecule has 0 bridgehead atoms. The van der Waals surface area contributed by atoms with E-state index in [0.717, 1.165) is 10.2 Å². The van der Waals surface area contributed by atoms with Crippen LogP contribution in [-0.4, -0.2) is 29.4 Å². The highest BCUT2D eigenvalue weighted by atomic mass is 32.1. The Hall–Kier alpha value is -3.46. The van der Waals surface area contributed by atoms with Crippen LogP contribution in [0.1, 0.15) is 15.6 Å². The average Bonchev–Trinajstić information content (AvgIpc) is 3.31. The number of rotatable bonds is 5. The monoisotopic (exact) mass is 371 g/mol. The van der Waals surface area contributed by atoms with Crippen LogP contribution in [0.3, 0.4) is 0 Å². The molecule has 2 heterocycles. The van der Waals surface area contributed by atoms with E-state index >= 15 is 0 Å². The van der Waals surface area contributed by atoms with E-state index in [-0.39, 0.29) is 5.76 Å². The first-order valence-electron chi connectivity index (χ1n) is 7.45. The molecular formula is C17H13N3O5S. The summed E-state index contributed by atoms with van der Waals surface area (Å²) in [5.74, 6) is -1.96. The van der Waals surface area contributed by atoms with E-state index < -0.39 is 24.4 Å². The molecule has 2 aromatic heterocycles. The number of carbonyl (C=O) groups excluding carboxylic acids is 3. The first kappa shape index (κ1) is 17.4. The van der Waals surface area contributed by atoms with E-state index in [1.165, 1.54) is 41.9 Å². The Labute approximate surface area is 151 Å². The second-order valence-corrected chi connectivity index (χ2v) is 6.00. The van der Waals surface area contributed by atoms with E-state index in [2.05, 4.69) is 15.8 Å². The highest BCUT2D eigenvalue weighted by Crippen LogP contribution is 2.22. The van der Waals surface area contributed by atoms with Crippen molar-refractivity contribution in [3.8, 4) is 0 Å². The lowest BCUT2D eigenvalue weighted by Crippen LogP contribution is -2.43. The van der Waals surface area contributed by atoms with Gasteiger partial charge in [-0.25, -0.2) is 9.78 Å². The van der Waals surface area contributed by atoms with Crippen LogP contribution in [-0.2, 0) is 14.3 Å². The van der Waals surface area contributed by atoms with Crippen LogP contribution in [0.15, 0.2) is 53.2 Å². The molecule has 0 saturated carbocycles. The molecule has 0 radical (unpaired) electrons. The fraction of sp³-hybridized carbons (Fsp3) is 0.0588. The van der Waals surface area contributed by atoms with Crippen LogP contribution in [0.2, 0.25) is 0 Å². The minimum Gasteiger partial charge on any atom is -0.459 e. The predicted molar refractivity (Wildman–Crippen MR) is 93.9 cm³/mol. The number of carbonyl (C=O) groups is 3. The summed E-state index contributed by atoms with van der Waals surface area (Å²) in [5.41, 5.74) is 5.08.